The lowest BCUT2D eigenvalue weighted by atomic mass is 10.1. The average Bonchev–Trinajstić information content (AvgIpc) is 1.99. The summed E-state index contributed by atoms with van der Waals surface area (Å²) in [4.78, 5) is 0. The lowest BCUT2D eigenvalue weighted by Gasteiger charge is -2.11. The molecule has 5 heteroatoms. The largest absolute Gasteiger partial charge is 0.416 e. The molecule has 1 rings (SSSR count). The first kappa shape index (κ1) is 7.32. The van der Waals surface area contributed by atoms with Crippen molar-refractivity contribution in [2.75, 3.05) is 0 Å². The van der Waals surface area contributed by atoms with Crippen molar-refractivity contribution in [1.82, 2.24) is 0 Å². The number of rotatable bonds is 1. The molecule has 72 valence electrons. The van der Waals surface area contributed by atoms with Crippen molar-refractivity contribution in [2.45, 2.75) is 12.7 Å². The van der Waals surface area contributed by atoms with Crippen LogP contribution in [0.5, 0.6) is 0 Å². The maximum absolute atomic E-state index is 13.0. The Hall–Kier alpha value is -1.10. The summed E-state index contributed by atoms with van der Waals surface area (Å²) in [5, 5.41) is 8.81. The molecule has 0 unspecified atom stereocenters. The van der Waals surface area contributed by atoms with E-state index in [2.05, 4.69) is 0 Å². The van der Waals surface area contributed by atoms with Gasteiger partial charge in [-0.2, -0.15) is 13.2 Å². The third-order valence-corrected chi connectivity index (χ3v) is 1.43. The van der Waals surface area contributed by atoms with Gasteiger partial charge in [0.1, 0.15) is 5.82 Å². The normalized spacial score (nSPS) is 15.2. The van der Waals surface area contributed by atoms with Gasteiger partial charge < -0.3 is 5.11 Å². The van der Waals surface area contributed by atoms with E-state index in [0.717, 1.165) is 6.07 Å². The quantitative estimate of drug-likeness (QED) is 0.683. The third kappa shape index (κ3) is 1.98. The summed E-state index contributed by atoms with van der Waals surface area (Å²) in [5.41, 5.74) is -2.91. The van der Waals surface area contributed by atoms with Gasteiger partial charge in [-0.05, 0) is 12.1 Å². The summed E-state index contributed by atoms with van der Waals surface area (Å²) in [6.45, 7) is -3.36. The van der Waals surface area contributed by atoms with Crippen LogP contribution in [-0.2, 0) is 12.7 Å². The van der Waals surface area contributed by atoms with Crippen LogP contribution in [0.25, 0.3) is 0 Å². The summed E-state index contributed by atoms with van der Waals surface area (Å²) in [6, 6.07) is 1.96. The molecule has 13 heavy (non-hydrogen) atoms. The van der Waals surface area contributed by atoms with Gasteiger partial charge in [-0.15, -0.1) is 0 Å². The molecule has 1 nitrogen and oxygen atoms in total. The molecule has 0 heterocycles. The van der Waals surface area contributed by atoms with Gasteiger partial charge in [0.15, 0.2) is 0 Å². The van der Waals surface area contributed by atoms with Gasteiger partial charge in [0.05, 0.1) is 14.9 Å². The van der Waals surface area contributed by atoms with Crippen LogP contribution < -0.4 is 0 Å². The molecular weight excluding hydrogens is 188 g/mol. The van der Waals surface area contributed by atoms with Crippen molar-refractivity contribution >= 4 is 0 Å². The number of halogens is 4. The maximum Gasteiger partial charge on any atom is 0.416 e. The van der Waals surface area contributed by atoms with Gasteiger partial charge in [-0.25, -0.2) is 4.39 Å². The molecule has 0 atom stereocenters. The molecule has 0 aliphatic rings. The highest BCUT2D eigenvalue weighted by atomic mass is 19.4. The molecule has 1 N–H and O–H groups in total. The number of hydrogen-bond acceptors (Lipinski definition) is 1. The van der Waals surface area contributed by atoms with Crippen LogP contribution in [0, 0.1) is 5.82 Å². The van der Waals surface area contributed by atoms with E-state index in [1.165, 1.54) is 0 Å². The second-order valence-electron chi connectivity index (χ2n) is 2.27. The third-order valence-electron chi connectivity index (χ3n) is 1.43. The Morgan fingerprint density at radius 3 is 2.38 bits per heavy atom. The monoisotopic (exact) mass is 196 g/mol. The summed E-state index contributed by atoms with van der Waals surface area (Å²) in [7, 11) is 0. The highest BCUT2D eigenvalue weighted by molar-refractivity contribution is 5.30. The Morgan fingerprint density at radius 1 is 1.38 bits per heavy atom. The van der Waals surface area contributed by atoms with E-state index in [1.807, 2.05) is 0 Å². The lowest BCUT2D eigenvalue weighted by molar-refractivity contribution is -0.138. The zero-order chi connectivity index (χ0) is 11.9. The summed E-state index contributed by atoms with van der Waals surface area (Å²) < 4.78 is 63.4. The van der Waals surface area contributed by atoms with Crippen LogP contribution in [0.3, 0.4) is 0 Å². The van der Waals surface area contributed by atoms with Crippen molar-refractivity contribution < 1.29 is 25.4 Å². The number of hydrogen-bond donors (Lipinski definition) is 1. The first-order chi connectivity index (χ1) is 6.64. The van der Waals surface area contributed by atoms with Crippen LogP contribution in [0.2, 0.25) is 0 Å². The van der Waals surface area contributed by atoms with Gasteiger partial charge in [0.2, 0.25) is 0 Å². The van der Waals surface area contributed by atoms with Crippen LogP contribution in [0.4, 0.5) is 17.6 Å². The van der Waals surface area contributed by atoms with Gasteiger partial charge >= 0.3 is 6.18 Å². The van der Waals surface area contributed by atoms with Crippen LogP contribution in [-0.4, -0.2) is 5.11 Å². The fourth-order valence-corrected chi connectivity index (χ4v) is 0.874. The fraction of sp³-hybridized carbons (Fsp3) is 0.250. The fourth-order valence-electron chi connectivity index (χ4n) is 0.874. The van der Waals surface area contributed by atoms with Crippen molar-refractivity contribution in [2.24, 2.45) is 0 Å². The van der Waals surface area contributed by atoms with E-state index in [1.54, 1.807) is 0 Å². The van der Waals surface area contributed by atoms with Crippen molar-refractivity contribution in [3.05, 3.63) is 35.1 Å². The molecule has 0 amide bonds. The second kappa shape index (κ2) is 3.33. The molecule has 0 saturated carbocycles. The zero-order valence-electron chi connectivity index (χ0n) is 8.19. The van der Waals surface area contributed by atoms with E-state index in [9.17, 15) is 17.6 Å². The Morgan fingerprint density at radius 2 is 2.00 bits per heavy atom. The van der Waals surface area contributed by atoms with Gasteiger partial charge in [0, 0.05) is 5.56 Å². The average molecular weight is 196 g/mol. The topological polar surface area (TPSA) is 20.2 Å². The molecule has 0 bridgehead atoms. The van der Waals surface area contributed by atoms with Crippen LogP contribution in [0.15, 0.2) is 18.2 Å². The summed E-state index contributed by atoms with van der Waals surface area (Å²) >= 11 is 0. The summed E-state index contributed by atoms with van der Waals surface area (Å²) in [5.74, 6) is -1.43. The van der Waals surface area contributed by atoms with E-state index < -0.39 is 29.7 Å². The Bertz CT molecular complexity index is 370. The smallest absolute Gasteiger partial charge is 0.392 e. The Balaban J connectivity index is 3.48. The molecule has 0 aliphatic heterocycles. The predicted molar refractivity (Wildman–Crippen MR) is 37.3 cm³/mol. The van der Waals surface area contributed by atoms with E-state index in [0.29, 0.717) is 12.1 Å². The summed E-state index contributed by atoms with van der Waals surface area (Å²) in [6.07, 6.45) is -4.91. The maximum atomic E-state index is 13.0. The van der Waals surface area contributed by atoms with Crippen molar-refractivity contribution in [1.29, 1.82) is 0 Å². The molecule has 0 spiro atoms. The number of alkyl halides is 3. The molecule has 0 aromatic heterocycles. The highest BCUT2D eigenvalue weighted by Gasteiger charge is 2.33. The first-order valence-corrected chi connectivity index (χ1v) is 3.22. The standard InChI is InChI=1S/C8H6F4O/c9-7-3-1-2-6(5(7)4-13)8(10,11)12/h1-3,13H,4H2/i4D2. The van der Waals surface area contributed by atoms with Crippen molar-refractivity contribution in [3.63, 3.8) is 0 Å². The van der Waals surface area contributed by atoms with E-state index >= 15 is 0 Å². The zero-order valence-corrected chi connectivity index (χ0v) is 6.19. The minimum Gasteiger partial charge on any atom is -0.392 e. The Kier molecular flexibility index (Phi) is 1.88. The van der Waals surface area contributed by atoms with Crippen LogP contribution in [0.1, 0.15) is 13.9 Å². The molecule has 1 aromatic rings. The van der Waals surface area contributed by atoms with Crippen LogP contribution >= 0.6 is 0 Å². The second-order valence-corrected chi connectivity index (χ2v) is 2.27. The van der Waals surface area contributed by atoms with E-state index in [-0.39, 0.29) is 0 Å². The molecular formula is C8H6F4O. The highest BCUT2D eigenvalue weighted by Crippen LogP contribution is 2.32. The van der Waals surface area contributed by atoms with E-state index in [4.69, 9.17) is 7.85 Å². The minimum atomic E-state index is -4.91. The lowest BCUT2D eigenvalue weighted by Crippen LogP contribution is -2.10. The molecule has 0 radical (unpaired) electrons. The Labute approximate surface area is 74.4 Å². The predicted octanol–water partition coefficient (Wildman–Crippen LogP) is 2.34. The van der Waals surface area contributed by atoms with Gasteiger partial charge in [-0.3, -0.25) is 0 Å². The van der Waals surface area contributed by atoms with Gasteiger partial charge in [-0.1, -0.05) is 6.07 Å². The number of aliphatic hydroxyl groups is 1. The van der Waals surface area contributed by atoms with Crippen molar-refractivity contribution in [3.8, 4) is 0 Å². The molecule has 1 aromatic carbocycles. The molecule has 0 fully saturated rings. The molecule has 0 saturated heterocycles. The number of benzene rings is 1. The minimum absolute atomic E-state index is 0.506. The van der Waals surface area contributed by atoms with Gasteiger partial charge in [0.25, 0.3) is 0 Å². The first-order valence-electron chi connectivity index (χ1n) is 4.22. The SMILES string of the molecule is [2H]C([2H])(O)c1c(F)cccc1C(F)(F)F. The molecule has 0 aliphatic carbocycles.